The lowest BCUT2D eigenvalue weighted by Crippen LogP contribution is -2.18. The number of esters is 1. The molecule has 1 aromatic rings. The van der Waals surface area contributed by atoms with Crippen molar-refractivity contribution in [2.75, 3.05) is 18.5 Å². The minimum absolute atomic E-state index is 0.205. The first-order chi connectivity index (χ1) is 9.38. The van der Waals surface area contributed by atoms with Gasteiger partial charge in [0.2, 0.25) is 5.91 Å². The van der Waals surface area contributed by atoms with Gasteiger partial charge >= 0.3 is 5.97 Å². The molecule has 20 heavy (non-hydrogen) atoms. The Morgan fingerprint density at radius 1 is 1.40 bits per heavy atom. The molecule has 0 spiro atoms. The summed E-state index contributed by atoms with van der Waals surface area (Å²) in [6.45, 7) is 5.67. The maximum absolute atomic E-state index is 11.2. The van der Waals surface area contributed by atoms with Gasteiger partial charge in [0.25, 0.3) is 0 Å². The first-order valence-corrected chi connectivity index (χ1v) is 6.25. The Bertz CT molecular complexity index is 536. The number of hydrogen-bond donors (Lipinski definition) is 1. The maximum Gasteiger partial charge on any atom is 0.308 e. The third-order valence-electron chi connectivity index (χ3n) is 2.70. The molecule has 1 aromatic carbocycles. The summed E-state index contributed by atoms with van der Waals surface area (Å²) in [6, 6.07) is 4.79. The molecule has 1 aliphatic rings. The summed E-state index contributed by atoms with van der Waals surface area (Å²) >= 11 is 0. The van der Waals surface area contributed by atoms with E-state index in [0.29, 0.717) is 30.4 Å². The van der Waals surface area contributed by atoms with Crippen molar-refractivity contribution in [3.8, 4) is 11.5 Å². The molecule has 1 heterocycles. The Balaban J connectivity index is 2.16. The molecule has 1 fully saturated rings. The van der Waals surface area contributed by atoms with E-state index in [1.54, 1.807) is 18.2 Å². The Morgan fingerprint density at radius 2 is 2.10 bits per heavy atom. The van der Waals surface area contributed by atoms with Gasteiger partial charge in [-0.2, -0.15) is 0 Å². The predicted octanol–water partition coefficient (Wildman–Crippen LogP) is 1.74. The largest absolute Gasteiger partial charge is 0.488 e. The van der Waals surface area contributed by atoms with Gasteiger partial charge in [-0.05, 0) is 19.1 Å². The molecule has 2 rings (SSSR count). The van der Waals surface area contributed by atoms with Gasteiger partial charge in [-0.3, -0.25) is 9.59 Å². The van der Waals surface area contributed by atoms with Gasteiger partial charge < -0.3 is 19.5 Å². The number of ether oxygens (including phenoxy) is 3. The second-order valence-corrected chi connectivity index (χ2v) is 4.96. The highest BCUT2D eigenvalue weighted by Crippen LogP contribution is 2.33. The summed E-state index contributed by atoms with van der Waals surface area (Å²) in [5, 5.41) is 2.67. The molecule has 0 saturated carbocycles. The average molecular weight is 279 g/mol. The summed E-state index contributed by atoms with van der Waals surface area (Å²) in [7, 11) is 0. The smallest absolute Gasteiger partial charge is 0.308 e. The van der Waals surface area contributed by atoms with E-state index in [-0.39, 0.29) is 11.5 Å². The monoisotopic (exact) mass is 279 g/mol. The molecular formula is C14H17NO5. The molecule has 1 aliphatic heterocycles. The van der Waals surface area contributed by atoms with E-state index in [0.717, 1.165) is 0 Å². The second-order valence-electron chi connectivity index (χ2n) is 4.96. The zero-order valence-corrected chi connectivity index (χ0v) is 11.7. The fraction of sp³-hybridized carbons (Fsp3) is 0.429. The number of carbonyl (C=O) groups is 2. The maximum atomic E-state index is 11.2. The van der Waals surface area contributed by atoms with Crippen LogP contribution in [0, 0.1) is 0 Å². The fourth-order valence-corrected chi connectivity index (χ4v) is 1.58. The summed E-state index contributed by atoms with van der Waals surface area (Å²) in [5.41, 5.74) is 0.253. The van der Waals surface area contributed by atoms with Crippen LogP contribution >= 0.6 is 0 Å². The summed E-state index contributed by atoms with van der Waals surface area (Å²) in [4.78, 5) is 22.1. The molecule has 1 N–H and O–H groups in total. The van der Waals surface area contributed by atoms with Crippen LogP contribution in [-0.2, 0) is 14.3 Å². The van der Waals surface area contributed by atoms with Crippen LogP contribution in [0.15, 0.2) is 18.2 Å². The van der Waals surface area contributed by atoms with E-state index in [1.165, 1.54) is 13.8 Å². The number of hydrogen-bond acceptors (Lipinski definition) is 5. The van der Waals surface area contributed by atoms with Gasteiger partial charge in [-0.1, -0.05) is 0 Å². The van der Waals surface area contributed by atoms with Crippen molar-refractivity contribution in [3.63, 3.8) is 0 Å². The van der Waals surface area contributed by atoms with Crippen LogP contribution in [0.5, 0.6) is 11.5 Å². The number of nitrogens with one attached hydrogen (secondary N) is 1. The second kappa shape index (κ2) is 5.50. The Morgan fingerprint density at radius 3 is 2.65 bits per heavy atom. The van der Waals surface area contributed by atoms with E-state index in [4.69, 9.17) is 14.2 Å². The Kier molecular flexibility index (Phi) is 3.94. The number of anilines is 1. The summed E-state index contributed by atoms with van der Waals surface area (Å²) in [5.74, 6) is 0.184. The van der Waals surface area contributed by atoms with E-state index in [9.17, 15) is 9.59 Å². The fourth-order valence-electron chi connectivity index (χ4n) is 1.58. The highest BCUT2D eigenvalue weighted by Gasteiger charge is 2.40. The van der Waals surface area contributed by atoms with Crippen molar-refractivity contribution < 1.29 is 23.8 Å². The highest BCUT2D eigenvalue weighted by molar-refractivity contribution is 5.90. The van der Waals surface area contributed by atoms with Gasteiger partial charge in [-0.25, -0.2) is 0 Å². The molecule has 0 aliphatic carbocycles. The lowest BCUT2D eigenvalue weighted by molar-refractivity contribution is -0.131. The molecule has 6 heteroatoms. The minimum Gasteiger partial charge on any atom is -0.488 e. The zero-order valence-electron chi connectivity index (χ0n) is 11.7. The molecule has 0 bridgehead atoms. The molecule has 1 amide bonds. The number of amides is 1. The van der Waals surface area contributed by atoms with E-state index >= 15 is 0 Å². The van der Waals surface area contributed by atoms with Crippen LogP contribution in [0.3, 0.4) is 0 Å². The van der Waals surface area contributed by atoms with Gasteiger partial charge in [0, 0.05) is 19.9 Å². The van der Waals surface area contributed by atoms with Crippen LogP contribution in [0.1, 0.15) is 20.8 Å². The van der Waals surface area contributed by atoms with Crippen molar-refractivity contribution in [1.29, 1.82) is 0 Å². The van der Waals surface area contributed by atoms with Crippen molar-refractivity contribution >= 4 is 17.6 Å². The molecular weight excluding hydrogens is 262 g/mol. The van der Waals surface area contributed by atoms with Crippen molar-refractivity contribution in [3.05, 3.63) is 18.2 Å². The van der Waals surface area contributed by atoms with Crippen molar-refractivity contribution in [2.45, 2.75) is 26.4 Å². The Labute approximate surface area is 117 Å². The molecule has 1 atom stereocenters. The molecule has 0 radical (unpaired) electrons. The molecule has 108 valence electrons. The van der Waals surface area contributed by atoms with Gasteiger partial charge in [-0.15, -0.1) is 0 Å². The summed E-state index contributed by atoms with van der Waals surface area (Å²) in [6.07, 6.45) is 0. The standard InChI is InChI=1S/C14H17NO5/c1-9(16)15-12-5-4-11(20-10(2)17)6-13(12)18-7-14(3)8-19-14/h4-6H,7-8H2,1-3H3,(H,15,16)/t14-/m1/s1. The van der Waals surface area contributed by atoms with Crippen LogP contribution in [0.2, 0.25) is 0 Å². The third-order valence-corrected chi connectivity index (χ3v) is 2.70. The predicted molar refractivity (Wildman–Crippen MR) is 71.9 cm³/mol. The van der Waals surface area contributed by atoms with Crippen LogP contribution in [0.25, 0.3) is 0 Å². The quantitative estimate of drug-likeness (QED) is 0.504. The molecule has 1 saturated heterocycles. The lowest BCUT2D eigenvalue weighted by atomic mass is 10.2. The Hall–Kier alpha value is -2.08. The summed E-state index contributed by atoms with van der Waals surface area (Å²) < 4.78 is 15.9. The minimum atomic E-state index is -0.416. The van der Waals surface area contributed by atoms with Crippen molar-refractivity contribution in [2.24, 2.45) is 0 Å². The van der Waals surface area contributed by atoms with E-state index in [2.05, 4.69) is 5.32 Å². The topological polar surface area (TPSA) is 77.2 Å². The first kappa shape index (κ1) is 14.3. The normalized spacial score (nSPS) is 20.1. The highest BCUT2D eigenvalue weighted by atomic mass is 16.6. The number of rotatable bonds is 5. The third kappa shape index (κ3) is 3.96. The number of epoxide rings is 1. The van der Waals surface area contributed by atoms with E-state index < -0.39 is 5.97 Å². The number of benzene rings is 1. The number of carbonyl (C=O) groups excluding carboxylic acids is 2. The van der Waals surface area contributed by atoms with Crippen LogP contribution in [0.4, 0.5) is 5.69 Å². The van der Waals surface area contributed by atoms with Crippen molar-refractivity contribution in [1.82, 2.24) is 0 Å². The molecule has 6 nitrogen and oxygen atoms in total. The molecule has 0 aromatic heterocycles. The SMILES string of the molecule is CC(=O)Nc1ccc(OC(C)=O)cc1OC[C@]1(C)CO1. The van der Waals surface area contributed by atoms with Crippen LogP contribution < -0.4 is 14.8 Å². The zero-order chi connectivity index (χ0) is 14.8. The van der Waals surface area contributed by atoms with Gasteiger partial charge in [0.1, 0.15) is 23.7 Å². The first-order valence-electron chi connectivity index (χ1n) is 6.25. The van der Waals surface area contributed by atoms with Gasteiger partial charge in [0.05, 0.1) is 12.3 Å². The van der Waals surface area contributed by atoms with Crippen LogP contribution in [-0.4, -0.2) is 30.7 Å². The average Bonchev–Trinajstić information content (AvgIpc) is 3.07. The molecule has 0 unspecified atom stereocenters. The van der Waals surface area contributed by atoms with E-state index in [1.807, 2.05) is 6.92 Å². The lowest BCUT2D eigenvalue weighted by Gasteiger charge is -2.14. The van der Waals surface area contributed by atoms with Gasteiger partial charge in [0.15, 0.2) is 0 Å².